The maximum atomic E-state index is 13.2. The van der Waals surface area contributed by atoms with Crippen LogP contribution < -0.4 is 5.32 Å². The summed E-state index contributed by atoms with van der Waals surface area (Å²) in [5.74, 6) is -1.73. The van der Waals surface area contributed by atoms with Crippen molar-refractivity contribution in [3.8, 4) is 0 Å². The lowest BCUT2D eigenvalue weighted by molar-refractivity contribution is 0.102. The number of aryl methyl sites for hydroxylation is 2. The molecular formula is C15H12F2N4OS. The molecule has 3 aromatic rings. The molecule has 0 aliphatic carbocycles. The fraction of sp³-hybridized carbons (Fsp3) is 0.200. The van der Waals surface area contributed by atoms with Gasteiger partial charge in [0.25, 0.3) is 5.91 Å². The summed E-state index contributed by atoms with van der Waals surface area (Å²) >= 11 is 1.07. The van der Waals surface area contributed by atoms with Gasteiger partial charge in [-0.15, -0.1) is 0 Å². The first-order valence-corrected chi connectivity index (χ1v) is 7.69. The van der Waals surface area contributed by atoms with Crippen LogP contribution in [0, 0.1) is 18.6 Å². The number of carbonyl (C=O) groups is 1. The number of aromatic nitrogens is 3. The van der Waals surface area contributed by atoms with Gasteiger partial charge in [-0.2, -0.15) is 0 Å². The molecule has 8 heteroatoms. The average molecular weight is 334 g/mol. The molecule has 0 atom stereocenters. The zero-order chi connectivity index (χ0) is 16.6. The van der Waals surface area contributed by atoms with E-state index in [4.69, 9.17) is 0 Å². The van der Waals surface area contributed by atoms with Gasteiger partial charge in [-0.3, -0.25) is 10.1 Å². The third-order valence-electron chi connectivity index (χ3n) is 3.22. The summed E-state index contributed by atoms with van der Waals surface area (Å²) in [7, 11) is 0. The molecule has 0 spiro atoms. The molecule has 1 aromatic carbocycles. The number of halogens is 2. The second-order valence-electron chi connectivity index (χ2n) is 4.84. The van der Waals surface area contributed by atoms with Crippen LogP contribution in [0.1, 0.15) is 28.8 Å². The minimum atomic E-state index is -0.971. The summed E-state index contributed by atoms with van der Waals surface area (Å²) in [5.41, 5.74) is 1.28. The predicted molar refractivity (Wildman–Crippen MR) is 83.6 cm³/mol. The van der Waals surface area contributed by atoms with E-state index in [0.717, 1.165) is 23.5 Å². The SMILES string of the molecule is CCc1nc(C)ncc1C(=O)Nc1nc2cc(F)c(F)cc2s1. The van der Waals surface area contributed by atoms with Gasteiger partial charge in [-0.1, -0.05) is 18.3 Å². The molecule has 2 aromatic heterocycles. The molecule has 1 N–H and O–H groups in total. The van der Waals surface area contributed by atoms with E-state index in [2.05, 4.69) is 20.3 Å². The van der Waals surface area contributed by atoms with Crippen LogP contribution in [0.4, 0.5) is 13.9 Å². The Bertz CT molecular complexity index is 871. The van der Waals surface area contributed by atoms with Crippen molar-refractivity contribution in [2.24, 2.45) is 0 Å². The summed E-state index contributed by atoms with van der Waals surface area (Å²) in [6.07, 6.45) is 2.05. The van der Waals surface area contributed by atoms with Crippen LogP contribution in [-0.2, 0) is 6.42 Å². The van der Waals surface area contributed by atoms with E-state index < -0.39 is 17.5 Å². The Hall–Kier alpha value is -2.48. The van der Waals surface area contributed by atoms with Crippen molar-refractivity contribution in [3.63, 3.8) is 0 Å². The molecule has 0 radical (unpaired) electrons. The van der Waals surface area contributed by atoms with Gasteiger partial charge < -0.3 is 0 Å². The quantitative estimate of drug-likeness (QED) is 0.796. The van der Waals surface area contributed by atoms with Crippen molar-refractivity contribution >= 4 is 32.6 Å². The number of anilines is 1. The molecular weight excluding hydrogens is 322 g/mol. The van der Waals surface area contributed by atoms with Crippen LogP contribution in [0.25, 0.3) is 10.2 Å². The Morgan fingerprint density at radius 3 is 2.74 bits per heavy atom. The molecule has 1 amide bonds. The zero-order valence-electron chi connectivity index (χ0n) is 12.4. The van der Waals surface area contributed by atoms with Crippen molar-refractivity contribution in [2.45, 2.75) is 20.3 Å². The number of carbonyl (C=O) groups excluding carboxylic acids is 1. The number of nitrogens with zero attached hydrogens (tertiary/aromatic N) is 3. The maximum absolute atomic E-state index is 13.2. The molecule has 5 nitrogen and oxygen atoms in total. The van der Waals surface area contributed by atoms with Gasteiger partial charge in [0, 0.05) is 12.3 Å². The third kappa shape index (κ3) is 3.02. The van der Waals surface area contributed by atoms with E-state index in [1.807, 2.05) is 6.92 Å². The first-order chi connectivity index (χ1) is 11.0. The second-order valence-corrected chi connectivity index (χ2v) is 5.87. The topological polar surface area (TPSA) is 67.8 Å². The van der Waals surface area contributed by atoms with E-state index in [9.17, 15) is 13.6 Å². The van der Waals surface area contributed by atoms with Crippen LogP contribution in [-0.4, -0.2) is 20.9 Å². The number of amides is 1. The molecule has 0 fully saturated rings. The molecule has 0 aliphatic heterocycles. The summed E-state index contributed by atoms with van der Waals surface area (Å²) in [6.45, 7) is 3.64. The lowest BCUT2D eigenvalue weighted by Crippen LogP contribution is -2.16. The first-order valence-electron chi connectivity index (χ1n) is 6.87. The highest BCUT2D eigenvalue weighted by atomic mass is 32.1. The van der Waals surface area contributed by atoms with Crippen molar-refractivity contribution < 1.29 is 13.6 Å². The predicted octanol–water partition coefficient (Wildman–Crippen LogP) is 3.49. The van der Waals surface area contributed by atoms with Crippen LogP contribution in [0.3, 0.4) is 0 Å². The Morgan fingerprint density at radius 1 is 1.26 bits per heavy atom. The summed E-state index contributed by atoms with van der Waals surface area (Å²) in [6, 6.07) is 2.06. The minimum absolute atomic E-state index is 0.262. The van der Waals surface area contributed by atoms with Gasteiger partial charge >= 0.3 is 0 Å². The van der Waals surface area contributed by atoms with E-state index in [-0.39, 0.29) is 5.13 Å². The van der Waals surface area contributed by atoms with E-state index in [1.165, 1.54) is 6.20 Å². The monoisotopic (exact) mass is 334 g/mol. The van der Waals surface area contributed by atoms with Crippen LogP contribution in [0.5, 0.6) is 0 Å². The molecule has 2 heterocycles. The molecule has 0 aliphatic rings. The molecule has 0 saturated heterocycles. The van der Waals surface area contributed by atoms with Crippen LogP contribution in [0.15, 0.2) is 18.3 Å². The van der Waals surface area contributed by atoms with Crippen molar-refractivity contribution in [1.29, 1.82) is 0 Å². The molecule has 23 heavy (non-hydrogen) atoms. The van der Waals surface area contributed by atoms with Gasteiger partial charge in [0.05, 0.1) is 21.5 Å². The van der Waals surface area contributed by atoms with Gasteiger partial charge in [-0.25, -0.2) is 23.7 Å². The number of thiazole rings is 1. The minimum Gasteiger partial charge on any atom is -0.298 e. The highest BCUT2D eigenvalue weighted by Gasteiger charge is 2.16. The first kappa shape index (κ1) is 15.4. The number of benzene rings is 1. The highest BCUT2D eigenvalue weighted by Crippen LogP contribution is 2.28. The standard InChI is InChI=1S/C15H12F2N4OS/c1-3-11-8(6-18-7(2)19-11)14(22)21-15-20-12-4-9(16)10(17)5-13(12)23-15/h4-6H,3H2,1-2H3,(H,20,21,22). The summed E-state index contributed by atoms with van der Waals surface area (Å²) < 4.78 is 26.9. The molecule has 0 bridgehead atoms. The molecule has 118 valence electrons. The normalized spacial score (nSPS) is 11.0. The largest absolute Gasteiger partial charge is 0.298 e. The smallest absolute Gasteiger partial charge is 0.260 e. The number of fused-ring (bicyclic) bond motifs is 1. The van der Waals surface area contributed by atoms with Gasteiger partial charge in [0.15, 0.2) is 16.8 Å². The third-order valence-corrected chi connectivity index (χ3v) is 4.15. The Kier molecular flexibility index (Phi) is 3.99. The lowest BCUT2D eigenvalue weighted by Gasteiger charge is -2.06. The van der Waals surface area contributed by atoms with Gasteiger partial charge in [0.1, 0.15) is 5.82 Å². The van der Waals surface area contributed by atoms with Crippen molar-refractivity contribution in [1.82, 2.24) is 15.0 Å². The fourth-order valence-electron chi connectivity index (χ4n) is 2.12. The number of hydrogen-bond acceptors (Lipinski definition) is 5. The number of rotatable bonds is 3. The molecule has 0 saturated carbocycles. The molecule has 0 unspecified atom stereocenters. The second kappa shape index (κ2) is 5.96. The zero-order valence-corrected chi connectivity index (χ0v) is 13.2. The van der Waals surface area contributed by atoms with Crippen LogP contribution >= 0.6 is 11.3 Å². The maximum Gasteiger partial charge on any atom is 0.260 e. The average Bonchev–Trinajstić information content (AvgIpc) is 2.88. The fourth-order valence-corrected chi connectivity index (χ4v) is 2.99. The Labute approximate surface area is 134 Å². The molecule has 3 rings (SSSR count). The van der Waals surface area contributed by atoms with E-state index in [0.29, 0.717) is 33.7 Å². The van der Waals surface area contributed by atoms with Crippen molar-refractivity contribution in [3.05, 3.63) is 47.0 Å². The van der Waals surface area contributed by atoms with E-state index >= 15 is 0 Å². The van der Waals surface area contributed by atoms with Crippen LogP contribution in [0.2, 0.25) is 0 Å². The lowest BCUT2D eigenvalue weighted by atomic mass is 10.2. The van der Waals surface area contributed by atoms with E-state index in [1.54, 1.807) is 6.92 Å². The van der Waals surface area contributed by atoms with Gasteiger partial charge in [-0.05, 0) is 19.4 Å². The Morgan fingerprint density at radius 2 is 2.00 bits per heavy atom. The Balaban J connectivity index is 1.91. The summed E-state index contributed by atoms with van der Waals surface area (Å²) in [4.78, 5) is 24.7. The number of nitrogens with one attached hydrogen (secondary N) is 1. The summed E-state index contributed by atoms with van der Waals surface area (Å²) in [5, 5.41) is 2.89. The van der Waals surface area contributed by atoms with Gasteiger partial charge in [0.2, 0.25) is 0 Å². The van der Waals surface area contributed by atoms with Crippen molar-refractivity contribution in [2.75, 3.05) is 5.32 Å². The highest BCUT2D eigenvalue weighted by molar-refractivity contribution is 7.22. The number of hydrogen-bond donors (Lipinski definition) is 1.